The summed E-state index contributed by atoms with van der Waals surface area (Å²) in [5.74, 6) is -2.05. The van der Waals surface area contributed by atoms with Crippen LogP contribution in [0.3, 0.4) is 0 Å². The largest absolute Gasteiger partial charge is 0.464 e. The first-order chi connectivity index (χ1) is 8.94. The average molecular weight is 262 g/mol. The maximum absolute atomic E-state index is 12.3. The van der Waals surface area contributed by atoms with Crippen molar-refractivity contribution in [3.8, 4) is 0 Å². The summed E-state index contributed by atoms with van der Waals surface area (Å²) in [6.45, 7) is 2.93. The fourth-order valence-corrected chi connectivity index (χ4v) is 2.25. The molecule has 1 unspecified atom stereocenters. The molecule has 0 saturated carbocycles. The molecule has 0 spiro atoms. The first kappa shape index (κ1) is 13.4. The third-order valence-corrected chi connectivity index (χ3v) is 3.42. The van der Waals surface area contributed by atoms with Crippen LogP contribution in [0.5, 0.6) is 0 Å². The van der Waals surface area contributed by atoms with Crippen molar-refractivity contribution in [2.24, 2.45) is 5.41 Å². The Morgan fingerprint density at radius 1 is 1.26 bits per heavy atom. The van der Waals surface area contributed by atoms with E-state index in [-0.39, 0.29) is 17.7 Å². The van der Waals surface area contributed by atoms with Gasteiger partial charge in [0.15, 0.2) is 17.7 Å². The summed E-state index contributed by atoms with van der Waals surface area (Å²) in [5.41, 5.74) is -1.33. The van der Waals surface area contributed by atoms with Crippen LogP contribution in [0.1, 0.15) is 34.6 Å². The molecule has 0 amide bonds. The zero-order valence-electron chi connectivity index (χ0n) is 10.7. The number of aliphatic hydroxyl groups is 1. The van der Waals surface area contributed by atoms with E-state index in [9.17, 15) is 19.5 Å². The van der Waals surface area contributed by atoms with E-state index in [0.29, 0.717) is 0 Å². The molecule has 0 bridgehead atoms. The number of carbonyl (C=O) groups is 3. The Morgan fingerprint density at radius 2 is 1.74 bits per heavy atom. The van der Waals surface area contributed by atoms with E-state index in [1.165, 1.54) is 19.1 Å². The molecule has 0 aromatic heterocycles. The topological polar surface area (TPSA) is 80.7 Å². The molecule has 5 heteroatoms. The van der Waals surface area contributed by atoms with Crippen LogP contribution >= 0.6 is 0 Å². The van der Waals surface area contributed by atoms with Crippen molar-refractivity contribution >= 4 is 17.5 Å². The third-order valence-electron chi connectivity index (χ3n) is 3.42. The lowest BCUT2D eigenvalue weighted by Crippen LogP contribution is -2.47. The molecule has 1 N–H and O–H groups in total. The minimum absolute atomic E-state index is 0.0707. The standard InChI is InChI=1S/C14H14O5/c1-3-19-13(18)12(17)14(2)10(15)8-6-4-5-7-9(8)11(14)16/h4-7,12,17H,3H2,1-2H3. The summed E-state index contributed by atoms with van der Waals surface area (Å²) in [4.78, 5) is 36.2. The Hall–Kier alpha value is -2.01. The highest BCUT2D eigenvalue weighted by atomic mass is 16.5. The second-order valence-electron chi connectivity index (χ2n) is 4.56. The number of Topliss-reactive ketones (excluding diaryl/α,β-unsaturated/α-hetero) is 2. The number of esters is 1. The van der Waals surface area contributed by atoms with Gasteiger partial charge in [0.05, 0.1) is 6.61 Å². The van der Waals surface area contributed by atoms with Gasteiger partial charge in [0.1, 0.15) is 5.41 Å². The number of benzene rings is 1. The quantitative estimate of drug-likeness (QED) is 0.649. The van der Waals surface area contributed by atoms with Gasteiger partial charge in [-0.3, -0.25) is 9.59 Å². The van der Waals surface area contributed by atoms with Gasteiger partial charge in [-0.1, -0.05) is 24.3 Å². The van der Waals surface area contributed by atoms with Crippen molar-refractivity contribution < 1.29 is 24.2 Å². The van der Waals surface area contributed by atoms with Crippen molar-refractivity contribution in [1.29, 1.82) is 0 Å². The van der Waals surface area contributed by atoms with Crippen LogP contribution in [0.25, 0.3) is 0 Å². The lowest BCUT2D eigenvalue weighted by Gasteiger charge is -2.24. The smallest absolute Gasteiger partial charge is 0.336 e. The lowest BCUT2D eigenvalue weighted by molar-refractivity contribution is -0.156. The molecule has 0 aliphatic heterocycles. The van der Waals surface area contributed by atoms with Crippen LogP contribution in [0, 0.1) is 5.41 Å². The maximum Gasteiger partial charge on any atom is 0.336 e. The Morgan fingerprint density at radius 3 is 2.16 bits per heavy atom. The van der Waals surface area contributed by atoms with Gasteiger partial charge in [-0.25, -0.2) is 4.79 Å². The molecule has 0 radical (unpaired) electrons. The van der Waals surface area contributed by atoms with E-state index in [2.05, 4.69) is 4.74 Å². The second kappa shape index (κ2) is 4.59. The molecule has 19 heavy (non-hydrogen) atoms. The van der Waals surface area contributed by atoms with Crippen LogP contribution in [-0.2, 0) is 9.53 Å². The number of hydrogen-bond acceptors (Lipinski definition) is 5. The maximum atomic E-state index is 12.3. The van der Waals surface area contributed by atoms with E-state index < -0.39 is 29.1 Å². The Balaban J connectivity index is 2.44. The zero-order chi connectivity index (χ0) is 14.2. The molecular weight excluding hydrogens is 248 g/mol. The fraction of sp³-hybridized carbons (Fsp3) is 0.357. The zero-order valence-corrected chi connectivity index (χ0v) is 10.7. The molecule has 0 heterocycles. The molecule has 0 fully saturated rings. The Kier molecular flexibility index (Phi) is 3.24. The van der Waals surface area contributed by atoms with E-state index in [1.54, 1.807) is 19.1 Å². The van der Waals surface area contributed by atoms with E-state index >= 15 is 0 Å². The van der Waals surface area contributed by atoms with Gasteiger partial charge >= 0.3 is 5.97 Å². The second-order valence-corrected chi connectivity index (χ2v) is 4.56. The number of hydrogen-bond donors (Lipinski definition) is 1. The first-order valence-corrected chi connectivity index (χ1v) is 5.98. The molecule has 1 aromatic carbocycles. The SMILES string of the molecule is CCOC(=O)C(O)C1(C)C(=O)c2ccccc2C1=O. The number of aliphatic hydroxyl groups excluding tert-OH is 1. The molecule has 1 aliphatic carbocycles. The minimum Gasteiger partial charge on any atom is -0.464 e. The van der Waals surface area contributed by atoms with Gasteiger partial charge in [-0.15, -0.1) is 0 Å². The Bertz CT molecular complexity index is 526. The van der Waals surface area contributed by atoms with E-state index in [1.807, 2.05) is 0 Å². The van der Waals surface area contributed by atoms with E-state index in [0.717, 1.165) is 0 Å². The summed E-state index contributed by atoms with van der Waals surface area (Å²) >= 11 is 0. The minimum atomic E-state index is -1.80. The van der Waals surface area contributed by atoms with E-state index in [4.69, 9.17) is 0 Å². The average Bonchev–Trinajstić information content (AvgIpc) is 2.62. The molecule has 2 rings (SSSR count). The van der Waals surface area contributed by atoms with Crippen molar-refractivity contribution in [3.05, 3.63) is 35.4 Å². The predicted octanol–water partition coefficient (Wildman–Crippen LogP) is 0.996. The summed E-state index contributed by atoms with van der Waals surface area (Å²) in [6.07, 6.45) is -1.79. The molecular formula is C14H14O5. The third kappa shape index (κ3) is 1.77. The summed E-state index contributed by atoms with van der Waals surface area (Å²) in [5, 5.41) is 10.0. The molecule has 5 nitrogen and oxygen atoms in total. The number of ether oxygens (including phenoxy) is 1. The summed E-state index contributed by atoms with van der Waals surface area (Å²) in [7, 11) is 0. The number of rotatable bonds is 3. The first-order valence-electron chi connectivity index (χ1n) is 5.98. The number of ketones is 2. The van der Waals surface area contributed by atoms with Gasteiger partial charge in [-0.05, 0) is 13.8 Å². The van der Waals surface area contributed by atoms with Gasteiger partial charge in [0.25, 0.3) is 0 Å². The van der Waals surface area contributed by atoms with Crippen molar-refractivity contribution in [3.63, 3.8) is 0 Å². The number of fused-ring (bicyclic) bond motifs is 1. The molecule has 1 aliphatic rings. The molecule has 1 aromatic rings. The van der Waals surface area contributed by atoms with Crippen molar-refractivity contribution in [2.45, 2.75) is 20.0 Å². The van der Waals surface area contributed by atoms with Crippen molar-refractivity contribution in [1.82, 2.24) is 0 Å². The van der Waals surface area contributed by atoms with Gasteiger partial charge in [0.2, 0.25) is 0 Å². The van der Waals surface area contributed by atoms with Crippen LogP contribution in [0.15, 0.2) is 24.3 Å². The normalized spacial score (nSPS) is 18.1. The summed E-state index contributed by atoms with van der Waals surface area (Å²) in [6, 6.07) is 6.29. The molecule has 0 saturated heterocycles. The van der Waals surface area contributed by atoms with Gasteiger partial charge < -0.3 is 9.84 Å². The number of carbonyl (C=O) groups excluding carboxylic acids is 3. The highest BCUT2D eigenvalue weighted by Crippen LogP contribution is 2.39. The highest BCUT2D eigenvalue weighted by Gasteiger charge is 2.56. The van der Waals surface area contributed by atoms with Crippen LogP contribution < -0.4 is 0 Å². The van der Waals surface area contributed by atoms with Gasteiger partial charge in [-0.2, -0.15) is 0 Å². The van der Waals surface area contributed by atoms with Crippen LogP contribution in [-0.4, -0.2) is 35.4 Å². The van der Waals surface area contributed by atoms with Crippen LogP contribution in [0.2, 0.25) is 0 Å². The Labute approximate surface area is 110 Å². The lowest BCUT2D eigenvalue weighted by atomic mass is 9.79. The van der Waals surface area contributed by atoms with Gasteiger partial charge in [0, 0.05) is 11.1 Å². The predicted molar refractivity (Wildman–Crippen MR) is 65.8 cm³/mol. The monoisotopic (exact) mass is 262 g/mol. The fourth-order valence-electron chi connectivity index (χ4n) is 2.25. The molecule has 1 atom stereocenters. The van der Waals surface area contributed by atoms with Crippen LogP contribution in [0.4, 0.5) is 0 Å². The van der Waals surface area contributed by atoms with Crippen molar-refractivity contribution in [2.75, 3.05) is 6.61 Å². The summed E-state index contributed by atoms with van der Waals surface area (Å²) < 4.78 is 4.68. The molecule has 100 valence electrons. The highest BCUT2D eigenvalue weighted by molar-refractivity contribution is 6.30.